The summed E-state index contributed by atoms with van der Waals surface area (Å²) in [5.74, 6) is -0.953. The Kier molecular flexibility index (Phi) is 7.37. The molecule has 9 heteroatoms. The number of alkyl halides is 3. The predicted molar refractivity (Wildman–Crippen MR) is 118 cm³/mol. The van der Waals surface area contributed by atoms with Gasteiger partial charge in [0.15, 0.2) is 0 Å². The predicted octanol–water partition coefficient (Wildman–Crippen LogP) is 5.67. The Morgan fingerprint density at radius 3 is 2.48 bits per heavy atom. The van der Waals surface area contributed by atoms with E-state index < -0.39 is 29.0 Å². The van der Waals surface area contributed by atoms with Crippen molar-refractivity contribution in [3.63, 3.8) is 0 Å². The Morgan fingerprint density at radius 1 is 1.24 bits per heavy atom. The number of fused-ring (bicyclic) bond motifs is 1. The second kappa shape index (κ2) is 9.72. The molecule has 4 nitrogen and oxygen atoms in total. The van der Waals surface area contributed by atoms with Crippen LogP contribution in [-0.4, -0.2) is 16.6 Å². The van der Waals surface area contributed by atoms with Gasteiger partial charge < -0.3 is 5.32 Å². The number of nitriles is 1. The fourth-order valence-electron chi connectivity index (χ4n) is 3.98. The minimum absolute atomic E-state index is 0.0511. The molecule has 1 N–H and O–H groups in total. The molecule has 0 saturated heterocycles. The molecular formula is C24H25F4N3OS. The Labute approximate surface area is 194 Å². The first kappa shape index (κ1) is 25.0. The van der Waals surface area contributed by atoms with Gasteiger partial charge in [-0.15, -0.1) is 0 Å². The molecule has 0 bridgehead atoms. The molecule has 1 aliphatic carbocycles. The number of nitrogens with zero attached hydrogens (tertiary/aromatic N) is 2. The molecule has 0 fully saturated rings. The summed E-state index contributed by atoms with van der Waals surface area (Å²) in [4.78, 5) is 16.6. The highest BCUT2D eigenvalue weighted by Gasteiger charge is 2.42. The lowest BCUT2D eigenvalue weighted by Crippen LogP contribution is -2.30. The van der Waals surface area contributed by atoms with Crippen LogP contribution in [0.4, 0.5) is 17.6 Å². The number of rotatable bonds is 5. The summed E-state index contributed by atoms with van der Waals surface area (Å²) in [7, 11) is 0. The molecule has 3 rings (SSSR count). The number of hydrogen-bond donors (Lipinski definition) is 1. The van der Waals surface area contributed by atoms with Gasteiger partial charge in [-0.1, -0.05) is 44.7 Å². The first-order valence-corrected chi connectivity index (χ1v) is 11.6. The average Bonchev–Trinajstić information content (AvgIpc) is 2.74. The first-order valence-electron chi connectivity index (χ1n) is 10.6. The van der Waals surface area contributed by atoms with Crippen molar-refractivity contribution >= 4 is 17.7 Å². The van der Waals surface area contributed by atoms with Crippen molar-refractivity contribution in [3.8, 4) is 6.07 Å². The van der Waals surface area contributed by atoms with Crippen LogP contribution < -0.4 is 5.32 Å². The van der Waals surface area contributed by atoms with Crippen LogP contribution in [0, 0.1) is 28.5 Å². The maximum absolute atomic E-state index is 14.1. The van der Waals surface area contributed by atoms with Gasteiger partial charge in [0.2, 0.25) is 5.91 Å². The Hall–Kier alpha value is -2.60. The second-order valence-electron chi connectivity index (χ2n) is 9.20. The van der Waals surface area contributed by atoms with Crippen LogP contribution >= 0.6 is 11.8 Å². The van der Waals surface area contributed by atoms with E-state index in [2.05, 4.69) is 10.3 Å². The zero-order chi connectivity index (χ0) is 24.4. The third-order valence-electron chi connectivity index (χ3n) is 5.89. The highest BCUT2D eigenvalue weighted by molar-refractivity contribution is 8.00. The van der Waals surface area contributed by atoms with E-state index in [1.165, 1.54) is 24.3 Å². The molecule has 33 heavy (non-hydrogen) atoms. The number of amides is 1. The lowest BCUT2D eigenvalue weighted by molar-refractivity contribution is -0.139. The third kappa shape index (κ3) is 6.05. The maximum Gasteiger partial charge on any atom is 0.418 e. The Morgan fingerprint density at radius 2 is 1.91 bits per heavy atom. The number of thioether (sulfide) groups is 1. The largest absolute Gasteiger partial charge is 0.418 e. The van der Waals surface area contributed by atoms with Gasteiger partial charge in [-0.3, -0.25) is 4.79 Å². The molecule has 1 aromatic carbocycles. The van der Waals surface area contributed by atoms with E-state index >= 15 is 0 Å². The number of aryl methyl sites for hydroxylation is 1. The Balaban J connectivity index is 1.82. The highest BCUT2D eigenvalue weighted by atomic mass is 32.2. The van der Waals surface area contributed by atoms with Gasteiger partial charge in [0.25, 0.3) is 0 Å². The molecule has 0 saturated carbocycles. The fourth-order valence-corrected chi connectivity index (χ4v) is 4.82. The number of hydrogen-bond acceptors (Lipinski definition) is 4. The lowest BCUT2D eigenvalue weighted by Gasteiger charge is -2.36. The van der Waals surface area contributed by atoms with Crippen LogP contribution in [-0.2, 0) is 30.4 Å². The molecular weight excluding hydrogens is 454 g/mol. The van der Waals surface area contributed by atoms with Crippen LogP contribution in [0.15, 0.2) is 29.3 Å². The molecule has 1 amide bonds. The number of pyridine rings is 1. The van der Waals surface area contributed by atoms with E-state index in [0.29, 0.717) is 17.7 Å². The van der Waals surface area contributed by atoms with Crippen LogP contribution in [0.2, 0.25) is 0 Å². The van der Waals surface area contributed by atoms with Gasteiger partial charge in [0.1, 0.15) is 16.9 Å². The molecule has 0 aliphatic heterocycles. The summed E-state index contributed by atoms with van der Waals surface area (Å²) >= 11 is 0.821. The van der Waals surface area contributed by atoms with Crippen molar-refractivity contribution in [2.24, 2.45) is 11.3 Å². The number of carbonyl (C=O) groups excluding carboxylic acids is 1. The molecule has 1 aliphatic rings. The minimum Gasteiger partial charge on any atom is -0.351 e. The summed E-state index contributed by atoms with van der Waals surface area (Å²) in [6, 6.07) is 7.30. The van der Waals surface area contributed by atoms with Crippen molar-refractivity contribution in [3.05, 3.63) is 58.0 Å². The maximum atomic E-state index is 14.1. The first-order chi connectivity index (χ1) is 15.4. The van der Waals surface area contributed by atoms with Crippen LogP contribution in [0.5, 0.6) is 0 Å². The van der Waals surface area contributed by atoms with Crippen LogP contribution in [0.3, 0.4) is 0 Å². The van der Waals surface area contributed by atoms with Crippen molar-refractivity contribution in [1.29, 1.82) is 5.26 Å². The van der Waals surface area contributed by atoms with Gasteiger partial charge >= 0.3 is 6.18 Å². The molecule has 2 aromatic rings. The van der Waals surface area contributed by atoms with E-state index in [0.717, 1.165) is 18.2 Å². The topological polar surface area (TPSA) is 65.8 Å². The monoisotopic (exact) mass is 479 g/mol. The van der Waals surface area contributed by atoms with E-state index in [-0.39, 0.29) is 40.6 Å². The Bertz CT molecular complexity index is 1070. The quantitative estimate of drug-likeness (QED) is 0.443. The number of nitrogens with one attached hydrogen (secondary N) is 1. The van der Waals surface area contributed by atoms with Gasteiger partial charge in [0.05, 0.1) is 16.9 Å². The summed E-state index contributed by atoms with van der Waals surface area (Å²) in [5.41, 5.74) is -0.451. The molecule has 1 aromatic heterocycles. The van der Waals surface area contributed by atoms with Gasteiger partial charge in [-0.25, -0.2) is 9.37 Å². The number of halogens is 4. The van der Waals surface area contributed by atoms with E-state index in [1.54, 1.807) is 6.07 Å². The van der Waals surface area contributed by atoms with Crippen molar-refractivity contribution in [1.82, 2.24) is 10.3 Å². The summed E-state index contributed by atoms with van der Waals surface area (Å²) in [6.45, 7) is 6.17. The van der Waals surface area contributed by atoms with Crippen molar-refractivity contribution in [2.75, 3.05) is 5.75 Å². The number of carbonyl (C=O) groups is 1. The van der Waals surface area contributed by atoms with E-state index in [9.17, 15) is 27.6 Å². The zero-order valence-electron chi connectivity index (χ0n) is 18.6. The van der Waals surface area contributed by atoms with Gasteiger partial charge in [-0.2, -0.15) is 18.4 Å². The summed E-state index contributed by atoms with van der Waals surface area (Å²) in [5, 5.41) is 12.2. The average molecular weight is 480 g/mol. The molecule has 176 valence electrons. The van der Waals surface area contributed by atoms with Gasteiger partial charge in [0, 0.05) is 12.2 Å². The summed E-state index contributed by atoms with van der Waals surface area (Å²) in [6.07, 6.45) is -3.36. The lowest BCUT2D eigenvalue weighted by atomic mass is 9.70. The van der Waals surface area contributed by atoms with Crippen molar-refractivity contribution < 1.29 is 22.4 Å². The number of benzene rings is 1. The third-order valence-corrected chi connectivity index (χ3v) is 6.87. The van der Waals surface area contributed by atoms with Crippen LogP contribution in [0.25, 0.3) is 0 Å². The zero-order valence-corrected chi connectivity index (χ0v) is 19.5. The molecule has 1 heterocycles. The van der Waals surface area contributed by atoms with Gasteiger partial charge in [-0.05, 0) is 53.9 Å². The van der Waals surface area contributed by atoms with E-state index in [4.69, 9.17) is 0 Å². The second-order valence-corrected chi connectivity index (χ2v) is 10.2. The SMILES string of the molecule is CC(C)(C)C1CCc2nc(SCC(=O)NCc3ccc(F)cc3)c(C#N)c(C(F)(F)F)c2C1. The van der Waals surface area contributed by atoms with Crippen molar-refractivity contribution in [2.45, 2.75) is 57.8 Å². The molecule has 1 unspecified atom stereocenters. The smallest absolute Gasteiger partial charge is 0.351 e. The minimum atomic E-state index is -4.70. The summed E-state index contributed by atoms with van der Waals surface area (Å²) < 4.78 is 55.2. The standard InChI is InChI=1S/C24H25F4N3OS/c1-23(2,3)15-6-9-19-17(10-15)21(24(26,27)28)18(11-29)22(31-19)33-13-20(32)30-12-14-4-7-16(25)8-5-14/h4-5,7-8,15H,6,9-10,12-13H2,1-3H3,(H,30,32). The van der Waals surface area contributed by atoms with E-state index in [1.807, 2.05) is 20.8 Å². The molecule has 0 radical (unpaired) electrons. The highest BCUT2D eigenvalue weighted by Crippen LogP contribution is 2.44. The van der Waals surface area contributed by atoms with Crippen LogP contribution in [0.1, 0.15) is 55.1 Å². The molecule has 1 atom stereocenters. The fraction of sp³-hybridized carbons (Fsp3) is 0.458. The normalized spacial score (nSPS) is 16.1. The number of aromatic nitrogens is 1. The molecule has 0 spiro atoms.